The van der Waals surface area contributed by atoms with E-state index < -0.39 is 5.82 Å². The first kappa shape index (κ1) is 15.6. The number of carbonyl (C=O) groups is 1. The van der Waals surface area contributed by atoms with Gasteiger partial charge in [-0.2, -0.15) is 0 Å². The van der Waals surface area contributed by atoms with Crippen molar-refractivity contribution in [1.29, 1.82) is 0 Å². The zero-order chi connectivity index (χ0) is 16.4. The van der Waals surface area contributed by atoms with Crippen molar-refractivity contribution in [2.75, 3.05) is 23.4 Å². The molecule has 23 heavy (non-hydrogen) atoms. The Kier molecular flexibility index (Phi) is 4.34. The molecule has 2 aromatic rings. The minimum absolute atomic E-state index is 0.132. The summed E-state index contributed by atoms with van der Waals surface area (Å²) in [7, 11) is 0. The maximum atomic E-state index is 13.8. The third-order valence-corrected chi connectivity index (χ3v) is 3.81. The molecule has 1 fully saturated rings. The molecule has 0 aliphatic carbocycles. The molecule has 1 aliphatic heterocycles. The minimum atomic E-state index is -0.511. The molecule has 1 aromatic heterocycles. The van der Waals surface area contributed by atoms with Crippen molar-refractivity contribution in [2.45, 2.75) is 13.0 Å². The van der Waals surface area contributed by atoms with Gasteiger partial charge in [0.2, 0.25) is 0 Å². The second kappa shape index (κ2) is 6.42. The van der Waals surface area contributed by atoms with Crippen LogP contribution in [0.25, 0.3) is 0 Å². The summed E-state index contributed by atoms with van der Waals surface area (Å²) in [6.45, 7) is 2.80. The Hall–Kier alpha value is -2.34. The lowest BCUT2D eigenvalue weighted by molar-refractivity contribution is 0.181. The summed E-state index contributed by atoms with van der Waals surface area (Å²) in [5.41, 5.74) is 1.65. The fourth-order valence-electron chi connectivity index (χ4n) is 2.40. The Bertz CT molecular complexity index is 741. The first-order valence-corrected chi connectivity index (χ1v) is 7.54. The van der Waals surface area contributed by atoms with Crippen molar-refractivity contribution in [3.63, 3.8) is 0 Å². The first-order chi connectivity index (χ1) is 11.0. The van der Waals surface area contributed by atoms with Gasteiger partial charge >= 0.3 is 6.09 Å². The van der Waals surface area contributed by atoms with E-state index in [0.29, 0.717) is 13.2 Å². The molecule has 3 rings (SSSR count). The van der Waals surface area contributed by atoms with E-state index in [1.165, 1.54) is 12.3 Å². The van der Waals surface area contributed by atoms with E-state index in [4.69, 9.17) is 16.3 Å². The number of amides is 1. The van der Waals surface area contributed by atoms with E-state index >= 15 is 0 Å². The van der Waals surface area contributed by atoms with Gasteiger partial charge in [0.05, 0.1) is 17.6 Å². The molecule has 1 N–H and O–H groups in total. The van der Waals surface area contributed by atoms with Crippen LogP contribution >= 0.6 is 11.6 Å². The first-order valence-electron chi connectivity index (χ1n) is 7.16. The molecule has 0 bridgehead atoms. The van der Waals surface area contributed by atoms with Gasteiger partial charge < -0.3 is 10.1 Å². The maximum Gasteiger partial charge on any atom is 0.414 e. The summed E-state index contributed by atoms with van der Waals surface area (Å²) < 4.78 is 18.8. The van der Waals surface area contributed by atoms with Crippen molar-refractivity contribution in [2.24, 2.45) is 0 Å². The van der Waals surface area contributed by atoms with Crippen molar-refractivity contribution < 1.29 is 13.9 Å². The molecule has 0 saturated carbocycles. The molecule has 0 spiro atoms. The summed E-state index contributed by atoms with van der Waals surface area (Å²) in [6.07, 6.45) is 1.03. The van der Waals surface area contributed by atoms with Crippen LogP contribution < -0.4 is 10.2 Å². The van der Waals surface area contributed by atoms with Crippen molar-refractivity contribution >= 4 is 29.2 Å². The lowest BCUT2D eigenvalue weighted by Crippen LogP contribution is -2.23. The number of halogens is 2. The molecule has 7 heteroatoms. The predicted molar refractivity (Wildman–Crippen MR) is 86.4 cm³/mol. The summed E-state index contributed by atoms with van der Waals surface area (Å²) in [5, 5.41) is 3.25. The van der Waals surface area contributed by atoms with Gasteiger partial charge in [-0.25, -0.2) is 14.2 Å². The van der Waals surface area contributed by atoms with Gasteiger partial charge in [0.15, 0.2) is 11.6 Å². The summed E-state index contributed by atoms with van der Waals surface area (Å²) in [4.78, 5) is 17.2. The number of ether oxygens (including phenoxy) is 1. The summed E-state index contributed by atoms with van der Waals surface area (Å²) >= 11 is 5.70. The number of nitrogens with zero attached hydrogens (tertiary/aromatic N) is 2. The normalized spacial score (nSPS) is 15.4. The molecular weight excluding hydrogens is 321 g/mol. The summed E-state index contributed by atoms with van der Waals surface area (Å²) in [5.74, 6) is -0.378. The second-order valence-electron chi connectivity index (χ2n) is 5.21. The van der Waals surface area contributed by atoms with Crippen LogP contribution in [0.2, 0.25) is 5.02 Å². The fourth-order valence-corrected chi connectivity index (χ4v) is 2.54. The number of hydrogen-bond donors (Lipinski definition) is 1. The van der Waals surface area contributed by atoms with E-state index in [2.05, 4.69) is 10.3 Å². The topological polar surface area (TPSA) is 54.5 Å². The van der Waals surface area contributed by atoms with E-state index in [0.717, 1.165) is 11.3 Å². The molecule has 1 atom stereocenters. The number of pyridine rings is 1. The molecule has 5 nitrogen and oxygen atoms in total. The Morgan fingerprint density at radius 3 is 2.96 bits per heavy atom. The van der Waals surface area contributed by atoms with Gasteiger partial charge in [-0.3, -0.25) is 4.90 Å². The SMILES string of the molecule is C[C@H](Nc1ncc(Cl)cc1F)c1cccc(N2CCOC2=O)c1. The van der Waals surface area contributed by atoms with Crippen LogP contribution in [0.4, 0.5) is 20.7 Å². The monoisotopic (exact) mass is 335 g/mol. The average molecular weight is 336 g/mol. The number of nitrogens with one attached hydrogen (secondary N) is 1. The third-order valence-electron chi connectivity index (χ3n) is 3.60. The zero-order valence-electron chi connectivity index (χ0n) is 12.4. The van der Waals surface area contributed by atoms with Gasteiger partial charge in [0.25, 0.3) is 0 Å². The van der Waals surface area contributed by atoms with E-state index in [1.54, 1.807) is 4.90 Å². The third kappa shape index (κ3) is 3.37. The van der Waals surface area contributed by atoms with Crippen LogP contribution in [0, 0.1) is 5.82 Å². The molecule has 1 amide bonds. The zero-order valence-corrected chi connectivity index (χ0v) is 13.2. The lowest BCUT2D eigenvalue weighted by atomic mass is 10.1. The number of benzene rings is 1. The van der Waals surface area contributed by atoms with E-state index in [9.17, 15) is 9.18 Å². The highest BCUT2D eigenvalue weighted by molar-refractivity contribution is 6.30. The smallest absolute Gasteiger partial charge is 0.414 e. The Morgan fingerprint density at radius 2 is 2.26 bits per heavy atom. The Balaban J connectivity index is 1.79. The Labute approximate surface area is 138 Å². The number of anilines is 2. The highest BCUT2D eigenvalue weighted by atomic mass is 35.5. The van der Waals surface area contributed by atoms with Crippen LogP contribution in [0.3, 0.4) is 0 Å². The van der Waals surface area contributed by atoms with Crippen molar-refractivity contribution in [3.05, 3.63) is 52.9 Å². The average Bonchev–Trinajstić information content (AvgIpc) is 2.96. The standard InChI is InChI=1S/C16H15ClFN3O2/c1-10(20-15-14(18)8-12(17)9-19-15)11-3-2-4-13(7-11)21-5-6-23-16(21)22/h2-4,7-10H,5-6H2,1H3,(H,19,20)/t10-/m0/s1. The van der Waals surface area contributed by atoms with E-state index in [1.807, 2.05) is 31.2 Å². The van der Waals surface area contributed by atoms with Crippen LogP contribution in [-0.4, -0.2) is 24.2 Å². The molecular formula is C16H15ClFN3O2. The van der Waals surface area contributed by atoms with Gasteiger partial charge in [0, 0.05) is 11.9 Å². The van der Waals surface area contributed by atoms with E-state index in [-0.39, 0.29) is 23.0 Å². The second-order valence-corrected chi connectivity index (χ2v) is 5.65. The van der Waals surface area contributed by atoms with Gasteiger partial charge in [-0.05, 0) is 30.7 Å². The molecule has 1 aromatic carbocycles. The van der Waals surface area contributed by atoms with Gasteiger partial charge in [0.1, 0.15) is 6.61 Å². The molecule has 2 heterocycles. The molecule has 1 saturated heterocycles. The number of hydrogen-bond acceptors (Lipinski definition) is 4. The lowest BCUT2D eigenvalue weighted by Gasteiger charge is -2.18. The van der Waals surface area contributed by atoms with Crippen LogP contribution in [0.15, 0.2) is 36.5 Å². The van der Waals surface area contributed by atoms with Gasteiger partial charge in [-0.15, -0.1) is 0 Å². The van der Waals surface area contributed by atoms with Crippen molar-refractivity contribution in [1.82, 2.24) is 4.98 Å². The molecule has 1 aliphatic rings. The van der Waals surface area contributed by atoms with Crippen LogP contribution in [-0.2, 0) is 4.74 Å². The number of aromatic nitrogens is 1. The Morgan fingerprint density at radius 1 is 1.43 bits per heavy atom. The molecule has 0 radical (unpaired) electrons. The number of rotatable bonds is 4. The maximum absolute atomic E-state index is 13.8. The molecule has 120 valence electrons. The van der Waals surface area contributed by atoms with Crippen molar-refractivity contribution in [3.8, 4) is 0 Å². The summed E-state index contributed by atoms with van der Waals surface area (Å²) in [6, 6.07) is 8.47. The van der Waals surface area contributed by atoms with Crippen LogP contribution in [0.5, 0.6) is 0 Å². The highest BCUT2D eigenvalue weighted by Crippen LogP contribution is 2.26. The minimum Gasteiger partial charge on any atom is -0.447 e. The predicted octanol–water partition coefficient (Wildman–Crippen LogP) is 4.00. The van der Waals surface area contributed by atoms with Gasteiger partial charge in [-0.1, -0.05) is 23.7 Å². The molecule has 0 unspecified atom stereocenters. The number of carbonyl (C=O) groups excluding carboxylic acids is 1. The largest absolute Gasteiger partial charge is 0.447 e. The quantitative estimate of drug-likeness (QED) is 0.917. The highest BCUT2D eigenvalue weighted by Gasteiger charge is 2.24. The van der Waals surface area contributed by atoms with Crippen LogP contribution in [0.1, 0.15) is 18.5 Å². The number of cyclic esters (lactones) is 1. The fraction of sp³-hybridized carbons (Fsp3) is 0.250.